The van der Waals surface area contributed by atoms with Gasteiger partial charge in [0.25, 0.3) is 0 Å². The van der Waals surface area contributed by atoms with Gasteiger partial charge in [-0.05, 0) is 24.6 Å². The number of ether oxygens (including phenoxy) is 1. The molecule has 0 saturated heterocycles. The molecule has 94 valence electrons. The number of carbonyl (C=O) groups excluding carboxylic acids is 1. The van der Waals surface area contributed by atoms with Crippen LogP contribution in [0, 0.1) is 0 Å². The maximum atomic E-state index is 11.4. The number of aliphatic hydroxyl groups is 1. The van der Waals surface area contributed by atoms with E-state index >= 15 is 0 Å². The number of carbonyl (C=O) groups is 1. The summed E-state index contributed by atoms with van der Waals surface area (Å²) in [5, 5.41) is 28.3. The maximum absolute atomic E-state index is 11.4. The molecule has 1 aromatic carbocycles. The Morgan fingerprint density at radius 1 is 1.53 bits per heavy atom. The smallest absolute Gasteiger partial charge is 0.325 e. The van der Waals surface area contributed by atoms with Crippen LogP contribution in [0.5, 0.6) is 11.5 Å². The highest BCUT2D eigenvalue weighted by Crippen LogP contribution is 2.28. The SMILES string of the molecule is [2H][C@](O)(c1ccc(O)c(O)c1)[C@@H](N)C(=O)OCC. The van der Waals surface area contributed by atoms with Gasteiger partial charge in [0.2, 0.25) is 0 Å². The Kier molecular flexibility index (Phi) is 3.79. The lowest BCUT2D eigenvalue weighted by molar-refractivity contribution is -0.147. The van der Waals surface area contributed by atoms with Gasteiger partial charge in [-0.25, -0.2) is 0 Å². The van der Waals surface area contributed by atoms with Crippen molar-refractivity contribution in [3.63, 3.8) is 0 Å². The highest BCUT2D eigenvalue weighted by Gasteiger charge is 2.25. The molecule has 1 rings (SSSR count). The van der Waals surface area contributed by atoms with Crippen molar-refractivity contribution >= 4 is 5.97 Å². The molecular weight excluding hydrogens is 226 g/mol. The summed E-state index contributed by atoms with van der Waals surface area (Å²) in [6, 6.07) is 1.60. The van der Waals surface area contributed by atoms with Gasteiger partial charge in [0.1, 0.15) is 12.1 Å². The Balaban J connectivity index is 3.04. The maximum Gasteiger partial charge on any atom is 0.325 e. The summed E-state index contributed by atoms with van der Waals surface area (Å²) in [6.07, 6.45) is -2.46. The van der Waals surface area contributed by atoms with Crippen LogP contribution in [0.15, 0.2) is 18.2 Å². The molecule has 0 amide bonds. The Morgan fingerprint density at radius 2 is 2.18 bits per heavy atom. The number of phenols is 2. The van der Waals surface area contributed by atoms with Gasteiger partial charge < -0.3 is 25.8 Å². The van der Waals surface area contributed by atoms with E-state index in [1.54, 1.807) is 6.92 Å². The number of phenolic OH excluding ortho intramolecular Hbond substituents is 2. The van der Waals surface area contributed by atoms with Crippen LogP contribution in [0.2, 0.25) is 0 Å². The molecule has 6 heteroatoms. The Labute approximate surface area is 99.7 Å². The molecule has 0 saturated carbocycles. The summed E-state index contributed by atoms with van der Waals surface area (Å²) < 4.78 is 12.3. The standard InChI is InChI=1S/C11H15NO5/c1-2-17-11(16)9(12)10(15)6-3-4-7(13)8(14)5-6/h3-5,9-10,13-15H,2,12H2,1H3/t9-,10+/m1/s1/i10D. The van der Waals surface area contributed by atoms with Crippen LogP contribution in [-0.4, -0.2) is 33.9 Å². The lowest BCUT2D eigenvalue weighted by atomic mass is 10.0. The van der Waals surface area contributed by atoms with Crippen molar-refractivity contribution < 1.29 is 26.2 Å². The number of rotatable bonds is 4. The summed E-state index contributed by atoms with van der Waals surface area (Å²) in [5.74, 6) is -1.85. The van der Waals surface area contributed by atoms with Gasteiger partial charge in [-0.2, -0.15) is 0 Å². The normalized spacial score (nSPS) is 16.8. The van der Waals surface area contributed by atoms with Crippen LogP contribution in [-0.2, 0) is 9.53 Å². The summed E-state index contributed by atoms with van der Waals surface area (Å²) in [7, 11) is 0. The second-order valence-corrected chi connectivity index (χ2v) is 3.32. The van der Waals surface area contributed by atoms with Gasteiger partial charge >= 0.3 is 5.97 Å². The van der Waals surface area contributed by atoms with Crippen molar-refractivity contribution in [2.75, 3.05) is 6.61 Å². The molecule has 2 atom stereocenters. The van der Waals surface area contributed by atoms with Crippen LogP contribution in [0.3, 0.4) is 0 Å². The van der Waals surface area contributed by atoms with E-state index in [-0.39, 0.29) is 12.2 Å². The fourth-order valence-electron chi connectivity index (χ4n) is 1.21. The van der Waals surface area contributed by atoms with Gasteiger partial charge in [0.15, 0.2) is 11.5 Å². The zero-order valence-corrected chi connectivity index (χ0v) is 9.25. The van der Waals surface area contributed by atoms with Gasteiger partial charge in [-0.3, -0.25) is 4.79 Å². The van der Waals surface area contributed by atoms with E-state index in [4.69, 9.17) is 12.2 Å². The molecule has 0 aliphatic rings. The third-order valence-corrected chi connectivity index (χ3v) is 2.11. The van der Waals surface area contributed by atoms with E-state index in [0.717, 1.165) is 12.1 Å². The largest absolute Gasteiger partial charge is 0.504 e. The second-order valence-electron chi connectivity index (χ2n) is 3.32. The van der Waals surface area contributed by atoms with E-state index in [0.29, 0.717) is 0 Å². The van der Waals surface area contributed by atoms with Gasteiger partial charge in [0.05, 0.1) is 7.98 Å². The third-order valence-electron chi connectivity index (χ3n) is 2.11. The minimum Gasteiger partial charge on any atom is -0.504 e. The van der Waals surface area contributed by atoms with Crippen molar-refractivity contribution in [1.82, 2.24) is 0 Å². The summed E-state index contributed by atoms with van der Waals surface area (Å²) in [4.78, 5) is 11.4. The third kappa shape index (κ3) is 3.08. The van der Waals surface area contributed by atoms with E-state index in [1.807, 2.05) is 0 Å². The first-order valence-corrected chi connectivity index (χ1v) is 4.97. The first kappa shape index (κ1) is 11.7. The van der Waals surface area contributed by atoms with Gasteiger partial charge in [-0.1, -0.05) is 6.07 Å². The molecule has 0 aromatic heterocycles. The summed E-state index contributed by atoms with van der Waals surface area (Å²) >= 11 is 0. The van der Waals surface area contributed by atoms with Crippen LogP contribution >= 0.6 is 0 Å². The predicted octanol–water partition coefficient (Wildman–Crippen LogP) is 0.0216. The average Bonchev–Trinajstić information content (AvgIpc) is 2.31. The fourth-order valence-corrected chi connectivity index (χ4v) is 1.21. The number of hydrogen-bond donors (Lipinski definition) is 4. The number of benzene rings is 1. The molecular formula is C11H15NO5. The molecule has 0 aliphatic carbocycles. The lowest BCUT2D eigenvalue weighted by Crippen LogP contribution is -2.38. The number of nitrogens with two attached hydrogens (primary N) is 1. The molecule has 0 fully saturated rings. The zero-order valence-electron chi connectivity index (χ0n) is 10.3. The Bertz CT molecular complexity index is 449. The molecule has 0 heterocycles. The van der Waals surface area contributed by atoms with Crippen molar-refractivity contribution in [3.8, 4) is 11.5 Å². The molecule has 6 nitrogen and oxygen atoms in total. The molecule has 5 N–H and O–H groups in total. The predicted molar refractivity (Wildman–Crippen MR) is 59.3 cm³/mol. The number of aromatic hydroxyl groups is 2. The van der Waals surface area contributed by atoms with Gasteiger partial charge in [0, 0.05) is 0 Å². The first-order valence-electron chi connectivity index (χ1n) is 5.47. The molecule has 0 radical (unpaired) electrons. The minimum absolute atomic E-state index is 0.0729. The molecule has 0 bridgehead atoms. The van der Waals surface area contributed by atoms with E-state index in [1.165, 1.54) is 6.07 Å². The Hall–Kier alpha value is -1.79. The lowest BCUT2D eigenvalue weighted by Gasteiger charge is -2.17. The quantitative estimate of drug-likeness (QED) is 0.437. The Morgan fingerprint density at radius 3 is 2.71 bits per heavy atom. The molecule has 0 aliphatic heterocycles. The fraction of sp³-hybridized carbons (Fsp3) is 0.364. The number of esters is 1. The minimum atomic E-state index is -2.46. The number of hydrogen-bond acceptors (Lipinski definition) is 6. The molecule has 1 aromatic rings. The summed E-state index contributed by atoms with van der Waals surface area (Å²) in [6.45, 7) is 1.64. The molecule has 17 heavy (non-hydrogen) atoms. The highest BCUT2D eigenvalue weighted by atomic mass is 16.5. The van der Waals surface area contributed by atoms with Crippen LogP contribution in [0.1, 0.15) is 19.9 Å². The highest BCUT2D eigenvalue weighted by molar-refractivity contribution is 5.76. The molecule has 0 spiro atoms. The van der Waals surface area contributed by atoms with Crippen LogP contribution in [0.25, 0.3) is 0 Å². The topological polar surface area (TPSA) is 113 Å². The van der Waals surface area contributed by atoms with Gasteiger partial charge in [-0.15, -0.1) is 0 Å². The first-order chi connectivity index (χ1) is 8.30. The van der Waals surface area contributed by atoms with Crippen molar-refractivity contribution in [2.45, 2.75) is 19.0 Å². The van der Waals surface area contributed by atoms with E-state index in [2.05, 4.69) is 4.74 Å². The van der Waals surface area contributed by atoms with Crippen LogP contribution < -0.4 is 5.73 Å². The monoisotopic (exact) mass is 242 g/mol. The summed E-state index contributed by atoms with van der Waals surface area (Å²) in [5.41, 5.74) is 5.32. The molecule has 0 unspecified atom stereocenters. The average molecular weight is 242 g/mol. The zero-order chi connectivity index (χ0) is 13.9. The van der Waals surface area contributed by atoms with Crippen LogP contribution in [0.4, 0.5) is 0 Å². The van der Waals surface area contributed by atoms with Crippen molar-refractivity contribution in [2.24, 2.45) is 5.73 Å². The van der Waals surface area contributed by atoms with E-state index < -0.39 is 29.6 Å². The van der Waals surface area contributed by atoms with E-state index in [9.17, 15) is 15.0 Å². The second kappa shape index (κ2) is 5.51. The van der Waals surface area contributed by atoms with Crippen molar-refractivity contribution in [3.05, 3.63) is 23.8 Å². The van der Waals surface area contributed by atoms with Crippen molar-refractivity contribution in [1.29, 1.82) is 0 Å².